The maximum Gasteiger partial charge on any atom is 0.0217 e. The minimum atomic E-state index is 0.237. The third-order valence-electron chi connectivity index (χ3n) is 3.31. The normalized spacial score (nSPS) is 27.6. The first kappa shape index (κ1) is 12.0. The Morgan fingerprint density at radius 3 is 2.57 bits per heavy atom. The molecule has 1 unspecified atom stereocenters. The summed E-state index contributed by atoms with van der Waals surface area (Å²) in [5.74, 6) is 0.857. The Hall–Kier alpha value is -0.0800. The highest BCUT2D eigenvalue weighted by molar-refractivity contribution is 4.82. The van der Waals surface area contributed by atoms with Crippen LogP contribution in [0.4, 0.5) is 0 Å². The van der Waals surface area contributed by atoms with E-state index in [2.05, 4.69) is 32.6 Å². The van der Waals surface area contributed by atoms with Crippen molar-refractivity contribution in [3.8, 4) is 0 Å². The molecule has 0 aromatic carbocycles. The van der Waals surface area contributed by atoms with Gasteiger partial charge in [-0.3, -0.25) is 0 Å². The van der Waals surface area contributed by atoms with Crippen molar-refractivity contribution in [2.24, 2.45) is 17.1 Å². The summed E-state index contributed by atoms with van der Waals surface area (Å²) < 4.78 is 0. The predicted molar refractivity (Wildman–Crippen MR) is 62.3 cm³/mol. The fourth-order valence-corrected chi connectivity index (χ4v) is 2.00. The van der Waals surface area contributed by atoms with Gasteiger partial charge in [0, 0.05) is 19.1 Å². The number of hydrogen-bond acceptors (Lipinski definition) is 2. The summed E-state index contributed by atoms with van der Waals surface area (Å²) in [7, 11) is 0. The topological polar surface area (TPSA) is 29.3 Å². The van der Waals surface area contributed by atoms with E-state index in [1.165, 1.54) is 25.9 Å². The molecule has 1 fully saturated rings. The van der Waals surface area contributed by atoms with Gasteiger partial charge in [-0.2, -0.15) is 0 Å². The summed E-state index contributed by atoms with van der Waals surface area (Å²) >= 11 is 0. The van der Waals surface area contributed by atoms with Gasteiger partial charge in [0.2, 0.25) is 0 Å². The van der Waals surface area contributed by atoms with Crippen molar-refractivity contribution in [1.82, 2.24) is 4.90 Å². The van der Waals surface area contributed by atoms with Gasteiger partial charge in [0.05, 0.1) is 0 Å². The molecule has 2 heteroatoms. The lowest BCUT2D eigenvalue weighted by Gasteiger charge is -2.36. The minimum absolute atomic E-state index is 0.237. The molecule has 14 heavy (non-hydrogen) atoms. The summed E-state index contributed by atoms with van der Waals surface area (Å²) in [4.78, 5) is 2.53. The standard InChI is InChI=1S/C12H26N2/c1-10-6-5-7-14(8-10)9-11(13)12(2,3)4/h10-11H,5-9,13H2,1-4H3/t10?,11-/m0/s1. The van der Waals surface area contributed by atoms with Gasteiger partial charge in [-0.15, -0.1) is 0 Å². The highest BCUT2D eigenvalue weighted by atomic mass is 15.1. The molecule has 2 nitrogen and oxygen atoms in total. The van der Waals surface area contributed by atoms with E-state index in [1.807, 2.05) is 0 Å². The average Bonchev–Trinajstić information content (AvgIpc) is 2.02. The van der Waals surface area contributed by atoms with Crippen LogP contribution in [0.25, 0.3) is 0 Å². The zero-order valence-corrected chi connectivity index (χ0v) is 10.2. The number of nitrogens with two attached hydrogens (primary N) is 1. The van der Waals surface area contributed by atoms with Gasteiger partial charge in [-0.05, 0) is 30.7 Å². The highest BCUT2D eigenvalue weighted by Crippen LogP contribution is 2.21. The van der Waals surface area contributed by atoms with Crippen LogP contribution in [0.3, 0.4) is 0 Å². The predicted octanol–water partition coefficient (Wildman–Crippen LogP) is 2.09. The second-order valence-corrected chi connectivity index (χ2v) is 5.98. The molecule has 1 heterocycles. The van der Waals surface area contributed by atoms with Crippen LogP contribution >= 0.6 is 0 Å². The van der Waals surface area contributed by atoms with Crippen LogP contribution in [0.15, 0.2) is 0 Å². The van der Waals surface area contributed by atoms with Crippen LogP contribution in [0.2, 0.25) is 0 Å². The van der Waals surface area contributed by atoms with Gasteiger partial charge in [-0.25, -0.2) is 0 Å². The van der Waals surface area contributed by atoms with Crippen LogP contribution in [-0.4, -0.2) is 30.6 Å². The Morgan fingerprint density at radius 1 is 1.43 bits per heavy atom. The zero-order chi connectivity index (χ0) is 10.8. The summed E-state index contributed by atoms with van der Waals surface area (Å²) in [5.41, 5.74) is 6.42. The fraction of sp³-hybridized carbons (Fsp3) is 1.00. The van der Waals surface area contributed by atoms with E-state index in [4.69, 9.17) is 5.73 Å². The molecule has 1 aliphatic rings. The first-order valence-corrected chi connectivity index (χ1v) is 5.87. The molecule has 2 atom stereocenters. The molecule has 0 saturated carbocycles. The van der Waals surface area contributed by atoms with Crippen LogP contribution in [0, 0.1) is 11.3 Å². The van der Waals surface area contributed by atoms with Gasteiger partial charge < -0.3 is 10.6 Å². The molecule has 0 bridgehead atoms. The Morgan fingerprint density at radius 2 is 2.07 bits per heavy atom. The van der Waals surface area contributed by atoms with E-state index in [-0.39, 0.29) is 5.41 Å². The zero-order valence-electron chi connectivity index (χ0n) is 10.2. The number of rotatable bonds is 2. The van der Waals surface area contributed by atoms with E-state index in [9.17, 15) is 0 Å². The van der Waals surface area contributed by atoms with Gasteiger partial charge in [0.1, 0.15) is 0 Å². The molecule has 0 amide bonds. The second kappa shape index (κ2) is 4.63. The largest absolute Gasteiger partial charge is 0.326 e. The molecule has 0 aromatic rings. The van der Waals surface area contributed by atoms with Gasteiger partial charge in [0.15, 0.2) is 0 Å². The van der Waals surface area contributed by atoms with Gasteiger partial charge in [0.25, 0.3) is 0 Å². The van der Waals surface area contributed by atoms with E-state index >= 15 is 0 Å². The van der Waals surface area contributed by atoms with Crippen LogP contribution in [-0.2, 0) is 0 Å². The molecule has 1 saturated heterocycles. The highest BCUT2D eigenvalue weighted by Gasteiger charge is 2.25. The van der Waals surface area contributed by atoms with Gasteiger partial charge in [-0.1, -0.05) is 27.7 Å². The maximum atomic E-state index is 6.19. The molecule has 0 aromatic heterocycles. The Kier molecular flexibility index (Phi) is 3.96. The third-order valence-corrected chi connectivity index (χ3v) is 3.31. The van der Waals surface area contributed by atoms with Crippen molar-refractivity contribution in [3.05, 3.63) is 0 Å². The molecule has 1 aliphatic heterocycles. The van der Waals surface area contributed by atoms with Crippen molar-refractivity contribution in [2.45, 2.75) is 46.6 Å². The van der Waals surface area contributed by atoms with Crippen molar-refractivity contribution in [3.63, 3.8) is 0 Å². The average molecular weight is 198 g/mol. The second-order valence-electron chi connectivity index (χ2n) is 5.98. The molecule has 1 rings (SSSR count). The lowest BCUT2D eigenvalue weighted by atomic mass is 9.86. The van der Waals surface area contributed by atoms with E-state index < -0.39 is 0 Å². The van der Waals surface area contributed by atoms with Crippen LogP contribution < -0.4 is 5.73 Å². The van der Waals surface area contributed by atoms with Gasteiger partial charge >= 0.3 is 0 Å². The molecular formula is C12H26N2. The van der Waals surface area contributed by atoms with Crippen molar-refractivity contribution >= 4 is 0 Å². The number of piperidine rings is 1. The molecular weight excluding hydrogens is 172 g/mol. The van der Waals surface area contributed by atoms with E-state index in [1.54, 1.807) is 0 Å². The van der Waals surface area contributed by atoms with Crippen LogP contribution in [0.5, 0.6) is 0 Å². The van der Waals surface area contributed by atoms with Crippen molar-refractivity contribution < 1.29 is 0 Å². The lowest BCUT2D eigenvalue weighted by molar-refractivity contribution is 0.146. The summed E-state index contributed by atoms with van der Waals surface area (Å²) in [6.45, 7) is 12.6. The molecule has 0 aliphatic carbocycles. The van der Waals surface area contributed by atoms with E-state index in [0.717, 1.165) is 12.5 Å². The summed E-state index contributed by atoms with van der Waals surface area (Å²) in [5, 5.41) is 0. The van der Waals surface area contributed by atoms with Crippen molar-refractivity contribution in [2.75, 3.05) is 19.6 Å². The third kappa shape index (κ3) is 3.58. The molecule has 84 valence electrons. The Balaban J connectivity index is 2.36. The molecule has 0 spiro atoms. The smallest absolute Gasteiger partial charge is 0.0217 e. The first-order valence-electron chi connectivity index (χ1n) is 5.87. The van der Waals surface area contributed by atoms with Crippen molar-refractivity contribution in [1.29, 1.82) is 0 Å². The first-order chi connectivity index (χ1) is 6.39. The molecule has 0 radical (unpaired) electrons. The maximum absolute atomic E-state index is 6.19. The number of nitrogens with zero attached hydrogens (tertiary/aromatic N) is 1. The fourth-order valence-electron chi connectivity index (χ4n) is 2.00. The Labute approximate surface area is 88.8 Å². The van der Waals surface area contributed by atoms with E-state index in [0.29, 0.717) is 6.04 Å². The molecule has 2 N–H and O–H groups in total. The monoisotopic (exact) mass is 198 g/mol. The quantitative estimate of drug-likeness (QED) is 0.736. The summed E-state index contributed by atoms with van der Waals surface area (Å²) in [6, 6.07) is 0.299. The lowest BCUT2D eigenvalue weighted by Crippen LogP contribution is -2.48. The minimum Gasteiger partial charge on any atom is -0.326 e. The number of likely N-dealkylation sites (tertiary alicyclic amines) is 1. The van der Waals surface area contributed by atoms with Crippen LogP contribution in [0.1, 0.15) is 40.5 Å². The Bertz CT molecular complexity index is 172. The number of hydrogen-bond donors (Lipinski definition) is 1. The summed E-state index contributed by atoms with van der Waals surface area (Å²) in [6.07, 6.45) is 2.74. The SMILES string of the molecule is CC1CCCN(C[C@H](N)C(C)(C)C)C1.